The van der Waals surface area contributed by atoms with Gasteiger partial charge in [-0.15, -0.1) is 0 Å². The van der Waals surface area contributed by atoms with E-state index in [1.165, 1.54) is 6.42 Å². The lowest BCUT2D eigenvalue weighted by Gasteiger charge is -2.31. The van der Waals surface area contributed by atoms with Gasteiger partial charge in [-0.2, -0.15) is 0 Å². The third-order valence-corrected chi connectivity index (χ3v) is 6.24. The van der Waals surface area contributed by atoms with Crippen LogP contribution in [0.5, 0.6) is 5.75 Å². The number of carbonyl (C=O) groups excluding carboxylic acids is 2. The van der Waals surface area contributed by atoms with Crippen LogP contribution in [-0.4, -0.2) is 35.4 Å². The van der Waals surface area contributed by atoms with Crippen molar-refractivity contribution in [3.63, 3.8) is 0 Å². The molecule has 0 aromatic heterocycles. The Bertz CT molecular complexity index is 934. The number of nitrogens with zero attached hydrogens (tertiary/aromatic N) is 1. The van der Waals surface area contributed by atoms with Crippen LogP contribution >= 0.6 is 0 Å². The van der Waals surface area contributed by atoms with E-state index in [2.05, 4.69) is 11.4 Å². The number of hydrogen-bond donors (Lipinski definition) is 1. The molecule has 172 valence electrons. The lowest BCUT2D eigenvalue weighted by atomic mass is 9.95. The smallest absolute Gasteiger partial charge is 0.261 e. The fraction of sp³-hybridized carbons (Fsp3) is 0.481. The predicted octanol–water partition coefficient (Wildman–Crippen LogP) is 4.86. The van der Waals surface area contributed by atoms with Crippen LogP contribution in [0.3, 0.4) is 0 Å². The molecular weight excluding hydrogens is 400 g/mol. The zero-order chi connectivity index (χ0) is 23.1. The molecule has 1 fully saturated rings. The average molecular weight is 437 g/mol. The van der Waals surface area contributed by atoms with E-state index in [-0.39, 0.29) is 24.5 Å². The third-order valence-electron chi connectivity index (χ3n) is 6.24. The summed E-state index contributed by atoms with van der Waals surface area (Å²) >= 11 is 0. The van der Waals surface area contributed by atoms with Crippen molar-refractivity contribution in [1.82, 2.24) is 10.2 Å². The molecule has 0 spiro atoms. The van der Waals surface area contributed by atoms with Crippen molar-refractivity contribution in [1.29, 1.82) is 0 Å². The van der Waals surface area contributed by atoms with Gasteiger partial charge in [-0.05, 0) is 57.7 Å². The Labute approximate surface area is 192 Å². The highest BCUT2D eigenvalue weighted by atomic mass is 16.5. The molecule has 5 heteroatoms. The van der Waals surface area contributed by atoms with Crippen LogP contribution in [0.15, 0.2) is 42.5 Å². The van der Waals surface area contributed by atoms with Crippen LogP contribution in [0.4, 0.5) is 0 Å². The van der Waals surface area contributed by atoms with E-state index in [1.54, 1.807) is 4.90 Å². The van der Waals surface area contributed by atoms with Crippen LogP contribution in [0, 0.1) is 20.8 Å². The summed E-state index contributed by atoms with van der Waals surface area (Å²) in [7, 11) is 0. The maximum absolute atomic E-state index is 13.2. The van der Waals surface area contributed by atoms with Gasteiger partial charge in [0.05, 0.1) is 0 Å². The molecule has 1 N–H and O–H groups in total. The van der Waals surface area contributed by atoms with Crippen LogP contribution < -0.4 is 10.1 Å². The molecule has 1 aliphatic carbocycles. The van der Waals surface area contributed by atoms with Crippen molar-refractivity contribution in [2.45, 2.75) is 78.4 Å². The van der Waals surface area contributed by atoms with Gasteiger partial charge < -0.3 is 15.0 Å². The van der Waals surface area contributed by atoms with Gasteiger partial charge in [0.1, 0.15) is 11.8 Å². The summed E-state index contributed by atoms with van der Waals surface area (Å²) < 4.78 is 5.85. The molecule has 2 aromatic rings. The number of benzene rings is 2. The van der Waals surface area contributed by atoms with Gasteiger partial charge in [0.2, 0.25) is 5.91 Å². The van der Waals surface area contributed by atoms with E-state index < -0.39 is 6.04 Å². The molecule has 5 nitrogen and oxygen atoms in total. The molecule has 1 saturated carbocycles. The van der Waals surface area contributed by atoms with Gasteiger partial charge in [-0.1, -0.05) is 66.8 Å². The average Bonchev–Trinajstić information content (AvgIpc) is 2.77. The summed E-state index contributed by atoms with van der Waals surface area (Å²) in [4.78, 5) is 27.9. The molecule has 0 aliphatic heterocycles. The zero-order valence-corrected chi connectivity index (χ0v) is 19.8. The van der Waals surface area contributed by atoms with Gasteiger partial charge in [0.25, 0.3) is 5.91 Å². The number of amides is 2. The summed E-state index contributed by atoms with van der Waals surface area (Å²) in [6, 6.07) is 13.6. The number of hydrogen-bond acceptors (Lipinski definition) is 3. The molecule has 32 heavy (non-hydrogen) atoms. The number of rotatable bonds is 8. The highest BCUT2D eigenvalue weighted by molar-refractivity contribution is 5.88. The first-order valence-corrected chi connectivity index (χ1v) is 11.7. The molecule has 2 aromatic carbocycles. The number of carbonyl (C=O) groups is 2. The molecule has 0 bridgehead atoms. The minimum Gasteiger partial charge on any atom is -0.483 e. The van der Waals surface area contributed by atoms with Crippen LogP contribution in [-0.2, 0) is 16.1 Å². The summed E-state index contributed by atoms with van der Waals surface area (Å²) in [5.41, 5.74) is 4.27. The summed E-state index contributed by atoms with van der Waals surface area (Å²) in [5.74, 6) is 0.404. The summed E-state index contributed by atoms with van der Waals surface area (Å²) in [6.45, 7) is 8.10. The van der Waals surface area contributed by atoms with E-state index in [0.29, 0.717) is 12.3 Å². The number of ether oxygens (including phenoxy) is 1. The molecule has 0 radical (unpaired) electrons. The van der Waals surface area contributed by atoms with Gasteiger partial charge in [0, 0.05) is 12.6 Å². The molecule has 2 amide bonds. The number of nitrogens with one attached hydrogen (secondary N) is 1. The van der Waals surface area contributed by atoms with Crippen molar-refractivity contribution in [3.8, 4) is 5.75 Å². The first-order chi connectivity index (χ1) is 15.3. The second-order valence-corrected chi connectivity index (χ2v) is 9.09. The molecule has 0 saturated heterocycles. The topological polar surface area (TPSA) is 58.6 Å². The molecular formula is C27H36N2O3. The van der Waals surface area contributed by atoms with Crippen molar-refractivity contribution in [2.75, 3.05) is 6.61 Å². The highest BCUT2D eigenvalue weighted by Gasteiger charge is 2.28. The third kappa shape index (κ3) is 6.59. The van der Waals surface area contributed by atoms with Crippen molar-refractivity contribution in [2.24, 2.45) is 0 Å². The van der Waals surface area contributed by atoms with Gasteiger partial charge in [-0.25, -0.2) is 0 Å². The minimum absolute atomic E-state index is 0.0931. The van der Waals surface area contributed by atoms with E-state index in [0.717, 1.165) is 47.9 Å². The Morgan fingerprint density at radius 2 is 1.75 bits per heavy atom. The van der Waals surface area contributed by atoms with Gasteiger partial charge in [0.15, 0.2) is 6.61 Å². The van der Waals surface area contributed by atoms with Crippen LogP contribution in [0.25, 0.3) is 0 Å². The fourth-order valence-electron chi connectivity index (χ4n) is 4.34. The molecule has 3 rings (SSSR count). The summed E-state index contributed by atoms with van der Waals surface area (Å²) in [6.07, 6.45) is 5.56. The maximum atomic E-state index is 13.2. The molecule has 0 unspecified atom stereocenters. The lowest BCUT2D eigenvalue weighted by molar-refractivity contribution is -0.142. The second kappa shape index (κ2) is 11.2. The Morgan fingerprint density at radius 3 is 2.44 bits per heavy atom. The normalized spacial score (nSPS) is 15.1. The van der Waals surface area contributed by atoms with E-state index in [9.17, 15) is 9.59 Å². The Hall–Kier alpha value is -2.82. The monoisotopic (exact) mass is 436 g/mol. The van der Waals surface area contributed by atoms with E-state index >= 15 is 0 Å². The molecule has 1 aliphatic rings. The van der Waals surface area contributed by atoms with E-state index in [1.807, 2.05) is 64.1 Å². The second-order valence-electron chi connectivity index (χ2n) is 9.09. The SMILES string of the molecule is Cc1cccc(CN(C(=O)COc2ccc(C)cc2C)[C@@H](C)C(=O)NC2CCCCC2)c1. The van der Waals surface area contributed by atoms with Gasteiger partial charge >= 0.3 is 0 Å². The Balaban J connectivity index is 1.72. The van der Waals surface area contributed by atoms with Crippen molar-refractivity contribution < 1.29 is 14.3 Å². The standard InChI is InChI=1S/C27H36N2O3/c1-19-9-8-10-23(16-19)17-29(22(4)27(31)28-24-11-6-5-7-12-24)26(30)18-32-25-14-13-20(2)15-21(25)3/h8-10,13-16,22,24H,5-7,11-12,17-18H2,1-4H3,(H,28,31)/t22-/m0/s1. The minimum atomic E-state index is -0.576. The highest BCUT2D eigenvalue weighted by Crippen LogP contribution is 2.20. The summed E-state index contributed by atoms with van der Waals surface area (Å²) in [5, 5.41) is 3.17. The van der Waals surface area contributed by atoms with E-state index in [4.69, 9.17) is 4.74 Å². The molecule has 1 atom stereocenters. The lowest BCUT2D eigenvalue weighted by Crippen LogP contribution is -2.51. The van der Waals surface area contributed by atoms with Crippen LogP contribution in [0.1, 0.15) is 61.3 Å². The molecule has 0 heterocycles. The Kier molecular flexibility index (Phi) is 8.32. The van der Waals surface area contributed by atoms with Crippen molar-refractivity contribution in [3.05, 3.63) is 64.7 Å². The first kappa shape index (κ1) is 23.8. The Morgan fingerprint density at radius 1 is 1.03 bits per heavy atom. The first-order valence-electron chi connectivity index (χ1n) is 11.7. The van der Waals surface area contributed by atoms with Gasteiger partial charge in [-0.3, -0.25) is 9.59 Å². The van der Waals surface area contributed by atoms with Crippen molar-refractivity contribution >= 4 is 11.8 Å². The maximum Gasteiger partial charge on any atom is 0.261 e. The number of aryl methyl sites for hydroxylation is 3. The largest absolute Gasteiger partial charge is 0.483 e. The van der Waals surface area contributed by atoms with Crippen LogP contribution in [0.2, 0.25) is 0 Å². The zero-order valence-electron chi connectivity index (χ0n) is 19.8. The quantitative estimate of drug-likeness (QED) is 0.643. The predicted molar refractivity (Wildman–Crippen MR) is 128 cm³/mol. The fourth-order valence-corrected chi connectivity index (χ4v) is 4.34.